The number of halogens is 1. The molecule has 1 aromatic carbocycles. The molecule has 2 N–H and O–H groups in total. The van der Waals surface area contributed by atoms with Crippen LogP contribution < -0.4 is 4.72 Å². The molecule has 0 amide bonds. The van der Waals surface area contributed by atoms with Crippen LogP contribution in [-0.4, -0.2) is 31.2 Å². The van der Waals surface area contributed by atoms with E-state index in [0.29, 0.717) is 5.56 Å². The van der Waals surface area contributed by atoms with Crippen LogP contribution in [-0.2, 0) is 14.8 Å². The number of benzene rings is 1. The standard InChI is InChI=1S/C13H14FN3O4S/c1-3-21-13(18)10-7-15-16-12(10)22(19,20)17-11-5-4-9(14)6-8(11)2/h4-7,17H,3H2,1-2H3,(H,15,16). The minimum absolute atomic E-state index is 0.105. The highest BCUT2D eigenvalue weighted by molar-refractivity contribution is 7.92. The van der Waals surface area contributed by atoms with Gasteiger partial charge >= 0.3 is 5.97 Å². The van der Waals surface area contributed by atoms with Gasteiger partial charge < -0.3 is 4.74 Å². The zero-order valence-electron chi connectivity index (χ0n) is 11.9. The number of anilines is 1. The summed E-state index contributed by atoms with van der Waals surface area (Å²) in [5, 5.41) is 5.42. The van der Waals surface area contributed by atoms with Gasteiger partial charge in [0.05, 0.1) is 18.5 Å². The van der Waals surface area contributed by atoms with Crippen LogP contribution >= 0.6 is 0 Å². The van der Waals surface area contributed by atoms with Crippen LogP contribution in [0, 0.1) is 12.7 Å². The van der Waals surface area contributed by atoms with E-state index >= 15 is 0 Å². The number of nitrogens with one attached hydrogen (secondary N) is 2. The Kier molecular flexibility index (Phi) is 4.45. The predicted octanol–water partition coefficient (Wildman–Crippen LogP) is 1.83. The second-order valence-electron chi connectivity index (χ2n) is 4.40. The topological polar surface area (TPSA) is 101 Å². The molecule has 0 unspecified atom stereocenters. The summed E-state index contributed by atoms with van der Waals surface area (Å²) in [5.74, 6) is -1.28. The Bertz CT molecular complexity index is 801. The van der Waals surface area contributed by atoms with Gasteiger partial charge in [-0.2, -0.15) is 13.5 Å². The van der Waals surface area contributed by atoms with E-state index in [0.717, 1.165) is 12.3 Å². The van der Waals surface area contributed by atoms with Gasteiger partial charge in [0.25, 0.3) is 10.0 Å². The van der Waals surface area contributed by atoms with Gasteiger partial charge in [-0.25, -0.2) is 9.18 Å². The van der Waals surface area contributed by atoms with Crippen molar-refractivity contribution in [3.05, 3.63) is 41.3 Å². The lowest BCUT2D eigenvalue weighted by molar-refractivity contribution is 0.0522. The predicted molar refractivity (Wildman–Crippen MR) is 76.5 cm³/mol. The first kappa shape index (κ1) is 16.0. The van der Waals surface area contributed by atoms with Crippen molar-refractivity contribution in [3.63, 3.8) is 0 Å². The van der Waals surface area contributed by atoms with Gasteiger partial charge in [-0.3, -0.25) is 9.82 Å². The van der Waals surface area contributed by atoms with Crippen LogP contribution in [0.3, 0.4) is 0 Å². The smallest absolute Gasteiger partial charge is 0.342 e. The Morgan fingerprint density at radius 2 is 2.18 bits per heavy atom. The molecule has 0 aliphatic heterocycles. The highest BCUT2D eigenvalue weighted by Crippen LogP contribution is 2.21. The molecule has 0 spiro atoms. The number of nitrogens with zero attached hydrogens (tertiary/aromatic N) is 1. The maximum atomic E-state index is 13.1. The second kappa shape index (κ2) is 6.14. The Morgan fingerprint density at radius 1 is 1.45 bits per heavy atom. The molecule has 0 atom stereocenters. The number of H-pyrrole nitrogens is 1. The van der Waals surface area contributed by atoms with Crippen LogP contribution in [0.1, 0.15) is 22.8 Å². The molecule has 22 heavy (non-hydrogen) atoms. The molecule has 0 bridgehead atoms. The largest absolute Gasteiger partial charge is 0.462 e. The summed E-state index contributed by atoms with van der Waals surface area (Å²) in [6.07, 6.45) is 1.07. The molecule has 2 rings (SSSR count). The van der Waals surface area contributed by atoms with Crippen molar-refractivity contribution in [2.75, 3.05) is 11.3 Å². The summed E-state index contributed by atoms with van der Waals surface area (Å²) in [5.41, 5.74) is 0.403. The lowest BCUT2D eigenvalue weighted by atomic mass is 10.2. The average molecular weight is 327 g/mol. The third-order valence-corrected chi connectivity index (χ3v) is 4.14. The minimum Gasteiger partial charge on any atom is -0.462 e. The van der Waals surface area contributed by atoms with E-state index in [9.17, 15) is 17.6 Å². The fourth-order valence-corrected chi connectivity index (χ4v) is 2.99. The quantitative estimate of drug-likeness (QED) is 0.816. The van der Waals surface area contributed by atoms with E-state index in [1.807, 2.05) is 0 Å². The molecule has 0 aliphatic rings. The number of aromatic amines is 1. The highest BCUT2D eigenvalue weighted by atomic mass is 32.2. The van der Waals surface area contributed by atoms with Gasteiger partial charge in [0.2, 0.25) is 0 Å². The molecule has 9 heteroatoms. The molecule has 0 saturated heterocycles. The first-order valence-electron chi connectivity index (χ1n) is 6.34. The molecule has 7 nitrogen and oxygen atoms in total. The molecule has 1 heterocycles. The molecule has 0 aliphatic carbocycles. The lowest BCUT2D eigenvalue weighted by Crippen LogP contribution is -2.18. The number of aryl methyl sites for hydroxylation is 1. The summed E-state index contributed by atoms with van der Waals surface area (Å²) >= 11 is 0. The van der Waals surface area contributed by atoms with Crippen molar-refractivity contribution in [1.82, 2.24) is 10.2 Å². The van der Waals surface area contributed by atoms with E-state index in [-0.39, 0.29) is 17.9 Å². The highest BCUT2D eigenvalue weighted by Gasteiger charge is 2.26. The first-order valence-corrected chi connectivity index (χ1v) is 7.83. The first-order chi connectivity index (χ1) is 10.3. The molecule has 2 aromatic rings. The van der Waals surface area contributed by atoms with E-state index in [2.05, 4.69) is 14.9 Å². The van der Waals surface area contributed by atoms with E-state index in [4.69, 9.17) is 4.74 Å². The molecule has 118 valence electrons. The van der Waals surface area contributed by atoms with Crippen LogP contribution in [0.25, 0.3) is 0 Å². The summed E-state index contributed by atoms with van der Waals surface area (Å²) in [6.45, 7) is 3.26. The maximum Gasteiger partial charge on any atom is 0.342 e. The molecule has 0 fully saturated rings. The number of hydrogen-bond acceptors (Lipinski definition) is 5. The van der Waals surface area contributed by atoms with E-state index in [1.165, 1.54) is 12.1 Å². The summed E-state index contributed by atoms with van der Waals surface area (Å²) < 4.78 is 44.8. The minimum atomic E-state index is -4.09. The number of sulfonamides is 1. The number of carbonyl (C=O) groups is 1. The molecular weight excluding hydrogens is 313 g/mol. The van der Waals surface area contributed by atoms with Gasteiger partial charge in [0, 0.05) is 0 Å². The van der Waals surface area contributed by atoms with Crippen molar-refractivity contribution < 1.29 is 22.3 Å². The number of carbonyl (C=O) groups excluding carboxylic acids is 1. The van der Waals surface area contributed by atoms with Crippen molar-refractivity contribution >= 4 is 21.7 Å². The molecular formula is C13H14FN3O4S. The molecule has 1 aromatic heterocycles. The van der Waals surface area contributed by atoms with Crippen molar-refractivity contribution in [1.29, 1.82) is 0 Å². The SMILES string of the molecule is CCOC(=O)c1cn[nH]c1S(=O)(=O)Nc1ccc(F)cc1C. The number of hydrogen-bond donors (Lipinski definition) is 2. The normalized spacial score (nSPS) is 11.2. The van der Waals surface area contributed by atoms with Crippen LogP contribution in [0.5, 0.6) is 0 Å². The van der Waals surface area contributed by atoms with Gasteiger partial charge in [-0.05, 0) is 37.6 Å². The third kappa shape index (κ3) is 3.25. The van der Waals surface area contributed by atoms with Crippen LogP contribution in [0.15, 0.2) is 29.4 Å². The van der Waals surface area contributed by atoms with E-state index < -0.39 is 26.8 Å². The monoisotopic (exact) mass is 327 g/mol. The van der Waals surface area contributed by atoms with Gasteiger partial charge in [-0.1, -0.05) is 0 Å². The van der Waals surface area contributed by atoms with Crippen LogP contribution in [0.2, 0.25) is 0 Å². The Balaban J connectivity index is 2.35. The molecule has 0 radical (unpaired) electrons. The lowest BCUT2D eigenvalue weighted by Gasteiger charge is -2.10. The maximum absolute atomic E-state index is 13.1. The number of rotatable bonds is 5. The van der Waals surface area contributed by atoms with Gasteiger partial charge in [0.15, 0.2) is 5.03 Å². The van der Waals surface area contributed by atoms with E-state index in [1.54, 1.807) is 13.8 Å². The Hall–Kier alpha value is -2.42. The zero-order valence-corrected chi connectivity index (χ0v) is 12.7. The summed E-state index contributed by atoms with van der Waals surface area (Å²) in [4.78, 5) is 11.7. The number of esters is 1. The average Bonchev–Trinajstić information content (AvgIpc) is 2.92. The number of aromatic nitrogens is 2. The van der Waals surface area contributed by atoms with Crippen molar-refractivity contribution in [3.8, 4) is 0 Å². The number of ether oxygens (including phenoxy) is 1. The van der Waals surface area contributed by atoms with Crippen molar-refractivity contribution in [2.45, 2.75) is 18.9 Å². The molecule has 0 saturated carbocycles. The summed E-state index contributed by atoms with van der Waals surface area (Å²) in [7, 11) is -4.09. The zero-order chi connectivity index (χ0) is 16.3. The van der Waals surface area contributed by atoms with Gasteiger partial charge in [-0.15, -0.1) is 0 Å². The van der Waals surface area contributed by atoms with Crippen LogP contribution in [0.4, 0.5) is 10.1 Å². The fourth-order valence-electron chi connectivity index (χ4n) is 1.77. The second-order valence-corrected chi connectivity index (χ2v) is 6.02. The Morgan fingerprint density at radius 3 is 2.82 bits per heavy atom. The third-order valence-electron chi connectivity index (χ3n) is 2.80. The summed E-state index contributed by atoms with van der Waals surface area (Å²) in [6, 6.07) is 3.61. The fraction of sp³-hybridized carbons (Fsp3) is 0.231. The van der Waals surface area contributed by atoms with Crippen molar-refractivity contribution in [2.24, 2.45) is 0 Å². The van der Waals surface area contributed by atoms with Gasteiger partial charge in [0.1, 0.15) is 11.4 Å². The Labute approximate surface area is 126 Å².